The Morgan fingerprint density at radius 3 is 3.00 bits per heavy atom. The standard InChI is InChI=1S/C9H18O4/c1-7(5-11-2)13-9-6-12-4-3-8(9)10/h7-10H,3-6H2,1-2H3. The first-order valence-corrected chi connectivity index (χ1v) is 4.64. The third kappa shape index (κ3) is 3.60. The minimum Gasteiger partial charge on any atom is -0.390 e. The van der Waals surface area contributed by atoms with Crippen molar-refractivity contribution in [3.05, 3.63) is 0 Å². The molecule has 0 saturated carbocycles. The van der Waals surface area contributed by atoms with Gasteiger partial charge in [0.1, 0.15) is 6.10 Å². The van der Waals surface area contributed by atoms with Gasteiger partial charge in [-0.2, -0.15) is 0 Å². The van der Waals surface area contributed by atoms with Crippen molar-refractivity contribution in [2.75, 3.05) is 26.9 Å². The number of aliphatic hydroxyl groups excluding tert-OH is 1. The number of aliphatic hydroxyl groups is 1. The molecule has 0 aromatic heterocycles. The molecule has 3 unspecified atom stereocenters. The summed E-state index contributed by atoms with van der Waals surface area (Å²) in [6.07, 6.45) is 0.0722. The van der Waals surface area contributed by atoms with Crippen LogP contribution in [-0.2, 0) is 14.2 Å². The topological polar surface area (TPSA) is 47.9 Å². The van der Waals surface area contributed by atoms with E-state index in [4.69, 9.17) is 14.2 Å². The molecule has 0 aromatic carbocycles. The molecule has 1 heterocycles. The quantitative estimate of drug-likeness (QED) is 0.687. The summed E-state index contributed by atoms with van der Waals surface area (Å²) in [7, 11) is 1.63. The SMILES string of the molecule is COCC(C)OC1COCCC1O. The highest BCUT2D eigenvalue weighted by Crippen LogP contribution is 2.12. The second-order valence-corrected chi connectivity index (χ2v) is 3.37. The third-order valence-electron chi connectivity index (χ3n) is 2.08. The lowest BCUT2D eigenvalue weighted by Gasteiger charge is -2.29. The van der Waals surface area contributed by atoms with Gasteiger partial charge in [0, 0.05) is 13.7 Å². The largest absolute Gasteiger partial charge is 0.390 e. The van der Waals surface area contributed by atoms with E-state index >= 15 is 0 Å². The van der Waals surface area contributed by atoms with Gasteiger partial charge in [-0.3, -0.25) is 0 Å². The van der Waals surface area contributed by atoms with E-state index in [0.717, 1.165) is 0 Å². The van der Waals surface area contributed by atoms with Crippen molar-refractivity contribution in [3.8, 4) is 0 Å². The summed E-state index contributed by atoms with van der Waals surface area (Å²) < 4.78 is 15.7. The van der Waals surface area contributed by atoms with Gasteiger partial charge >= 0.3 is 0 Å². The van der Waals surface area contributed by atoms with E-state index in [2.05, 4.69) is 0 Å². The Balaban J connectivity index is 2.25. The number of hydrogen-bond donors (Lipinski definition) is 1. The molecule has 1 saturated heterocycles. The third-order valence-corrected chi connectivity index (χ3v) is 2.08. The smallest absolute Gasteiger partial charge is 0.107 e. The Hall–Kier alpha value is -0.160. The normalized spacial score (nSPS) is 31.6. The molecule has 4 heteroatoms. The molecule has 3 atom stereocenters. The molecule has 1 N–H and O–H groups in total. The number of hydrogen-bond acceptors (Lipinski definition) is 4. The molecule has 4 nitrogen and oxygen atoms in total. The Kier molecular flexibility index (Phi) is 4.66. The zero-order valence-electron chi connectivity index (χ0n) is 8.23. The van der Waals surface area contributed by atoms with Crippen molar-refractivity contribution in [3.63, 3.8) is 0 Å². The average Bonchev–Trinajstić information content (AvgIpc) is 2.09. The predicted molar refractivity (Wildman–Crippen MR) is 47.7 cm³/mol. The Morgan fingerprint density at radius 1 is 1.62 bits per heavy atom. The van der Waals surface area contributed by atoms with Gasteiger partial charge in [0.05, 0.1) is 25.4 Å². The summed E-state index contributed by atoms with van der Waals surface area (Å²) >= 11 is 0. The van der Waals surface area contributed by atoms with Crippen LogP contribution in [0.5, 0.6) is 0 Å². The maximum Gasteiger partial charge on any atom is 0.107 e. The summed E-state index contributed by atoms with van der Waals surface area (Å²) in [5.41, 5.74) is 0. The van der Waals surface area contributed by atoms with Gasteiger partial charge in [0.2, 0.25) is 0 Å². The number of methoxy groups -OCH3 is 1. The molecule has 0 aliphatic carbocycles. The van der Waals surface area contributed by atoms with Gasteiger partial charge in [0.15, 0.2) is 0 Å². The van der Waals surface area contributed by atoms with E-state index in [1.54, 1.807) is 7.11 Å². The van der Waals surface area contributed by atoms with Crippen LogP contribution in [0.25, 0.3) is 0 Å². The monoisotopic (exact) mass is 190 g/mol. The summed E-state index contributed by atoms with van der Waals surface area (Å²) in [6, 6.07) is 0. The van der Waals surface area contributed by atoms with Crippen molar-refractivity contribution in [1.82, 2.24) is 0 Å². The molecule has 1 aliphatic heterocycles. The van der Waals surface area contributed by atoms with Gasteiger partial charge in [-0.25, -0.2) is 0 Å². The van der Waals surface area contributed by atoms with Crippen molar-refractivity contribution >= 4 is 0 Å². The van der Waals surface area contributed by atoms with Crippen LogP contribution in [-0.4, -0.2) is 50.3 Å². The average molecular weight is 190 g/mol. The second-order valence-electron chi connectivity index (χ2n) is 3.37. The zero-order chi connectivity index (χ0) is 9.68. The molecule has 0 bridgehead atoms. The fourth-order valence-corrected chi connectivity index (χ4v) is 1.40. The van der Waals surface area contributed by atoms with Crippen molar-refractivity contribution < 1.29 is 19.3 Å². The van der Waals surface area contributed by atoms with Gasteiger partial charge in [-0.15, -0.1) is 0 Å². The van der Waals surface area contributed by atoms with Crippen LogP contribution < -0.4 is 0 Å². The fraction of sp³-hybridized carbons (Fsp3) is 1.00. The predicted octanol–water partition coefficient (Wildman–Crippen LogP) is 0.188. The van der Waals surface area contributed by atoms with Crippen LogP contribution in [0.2, 0.25) is 0 Å². The summed E-state index contributed by atoms with van der Waals surface area (Å²) in [5.74, 6) is 0. The van der Waals surface area contributed by atoms with E-state index in [1.807, 2.05) is 6.92 Å². The van der Waals surface area contributed by atoms with Crippen LogP contribution in [0.4, 0.5) is 0 Å². The second kappa shape index (κ2) is 5.54. The summed E-state index contributed by atoms with van der Waals surface area (Å²) in [6.45, 7) is 3.57. The molecule has 78 valence electrons. The van der Waals surface area contributed by atoms with E-state index < -0.39 is 6.10 Å². The molecule has 1 aliphatic rings. The molecule has 13 heavy (non-hydrogen) atoms. The van der Waals surface area contributed by atoms with Crippen molar-refractivity contribution in [2.24, 2.45) is 0 Å². The lowest BCUT2D eigenvalue weighted by Crippen LogP contribution is -2.41. The lowest BCUT2D eigenvalue weighted by molar-refractivity contribution is -0.146. The Bertz CT molecular complexity index is 140. The van der Waals surface area contributed by atoms with E-state index in [1.165, 1.54) is 0 Å². The summed E-state index contributed by atoms with van der Waals surface area (Å²) in [4.78, 5) is 0. The maximum absolute atomic E-state index is 9.54. The molecule has 1 rings (SSSR count). The van der Waals surface area contributed by atoms with Crippen molar-refractivity contribution in [1.29, 1.82) is 0 Å². The van der Waals surface area contributed by atoms with Crippen LogP contribution in [0, 0.1) is 0 Å². The highest BCUT2D eigenvalue weighted by atomic mass is 16.6. The zero-order valence-corrected chi connectivity index (χ0v) is 8.23. The Labute approximate surface area is 78.8 Å². The van der Waals surface area contributed by atoms with Crippen LogP contribution in [0.1, 0.15) is 13.3 Å². The van der Waals surface area contributed by atoms with Crippen molar-refractivity contribution in [2.45, 2.75) is 31.7 Å². The molecular formula is C9H18O4. The van der Waals surface area contributed by atoms with Gasteiger partial charge < -0.3 is 19.3 Å². The molecule has 1 fully saturated rings. The van der Waals surface area contributed by atoms with E-state index in [-0.39, 0.29) is 12.2 Å². The van der Waals surface area contributed by atoms with E-state index in [0.29, 0.717) is 26.2 Å². The number of rotatable bonds is 4. The van der Waals surface area contributed by atoms with Gasteiger partial charge in [-0.1, -0.05) is 0 Å². The van der Waals surface area contributed by atoms with Crippen LogP contribution in [0.3, 0.4) is 0 Å². The highest BCUT2D eigenvalue weighted by molar-refractivity contribution is 4.73. The van der Waals surface area contributed by atoms with Crippen LogP contribution >= 0.6 is 0 Å². The minimum absolute atomic E-state index is 0.00588. The molecule has 0 spiro atoms. The first kappa shape index (κ1) is 10.9. The van der Waals surface area contributed by atoms with Gasteiger partial charge in [-0.05, 0) is 13.3 Å². The van der Waals surface area contributed by atoms with Gasteiger partial charge in [0.25, 0.3) is 0 Å². The fourth-order valence-electron chi connectivity index (χ4n) is 1.40. The van der Waals surface area contributed by atoms with E-state index in [9.17, 15) is 5.11 Å². The minimum atomic E-state index is -0.395. The molecule has 0 amide bonds. The Morgan fingerprint density at radius 2 is 2.38 bits per heavy atom. The first-order chi connectivity index (χ1) is 6.24. The first-order valence-electron chi connectivity index (χ1n) is 4.64. The molecular weight excluding hydrogens is 172 g/mol. The summed E-state index contributed by atoms with van der Waals surface area (Å²) in [5, 5.41) is 9.54. The maximum atomic E-state index is 9.54. The molecule has 0 aromatic rings. The number of ether oxygens (including phenoxy) is 3. The highest BCUT2D eigenvalue weighted by Gasteiger charge is 2.25. The lowest BCUT2D eigenvalue weighted by atomic mass is 10.1. The van der Waals surface area contributed by atoms with Crippen LogP contribution in [0.15, 0.2) is 0 Å². The molecule has 0 radical (unpaired) electrons.